The smallest absolute Gasteiger partial charge is 0.408 e. The number of alkyl carbamates (subject to hydrolysis) is 1. The van der Waals surface area contributed by atoms with Gasteiger partial charge in [0.15, 0.2) is 5.65 Å². The van der Waals surface area contributed by atoms with Crippen molar-refractivity contribution in [1.82, 2.24) is 24.8 Å². The third kappa shape index (κ3) is 6.04. The van der Waals surface area contributed by atoms with Gasteiger partial charge in [-0.05, 0) is 31.9 Å². The van der Waals surface area contributed by atoms with E-state index in [-0.39, 0.29) is 6.42 Å². The van der Waals surface area contributed by atoms with Gasteiger partial charge < -0.3 is 19.4 Å². The largest absolute Gasteiger partial charge is 0.467 e. The zero-order valence-corrected chi connectivity index (χ0v) is 20.8. The maximum absolute atomic E-state index is 12.3. The molecule has 2 aromatic carbocycles. The second kappa shape index (κ2) is 10.6. The molecule has 0 aliphatic rings. The van der Waals surface area contributed by atoms with Crippen LogP contribution in [0.3, 0.4) is 0 Å². The Kier molecular flexibility index (Phi) is 7.28. The first-order chi connectivity index (χ1) is 17.2. The van der Waals surface area contributed by atoms with Crippen LogP contribution < -0.4 is 5.32 Å². The number of nitrogens with zero attached hydrogens (tertiary/aromatic N) is 4. The summed E-state index contributed by atoms with van der Waals surface area (Å²) in [5, 5.41) is 2.60. The van der Waals surface area contributed by atoms with Crippen LogP contribution in [0.4, 0.5) is 4.79 Å². The van der Waals surface area contributed by atoms with Crippen LogP contribution in [0.1, 0.15) is 31.9 Å². The quantitative estimate of drug-likeness (QED) is 0.390. The molecule has 2 heterocycles. The molecule has 0 radical (unpaired) electrons. The number of amides is 1. The molecular formula is C27H29N5O4. The Labute approximate surface area is 209 Å². The Bertz CT molecular complexity index is 1340. The van der Waals surface area contributed by atoms with E-state index in [1.54, 1.807) is 27.1 Å². The predicted octanol–water partition coefficient (Wildman–Crippen LogP) is 4.15. The van der Waals surface area contributed by atoms with Crippen molar-refractivity contribution in [1.29, 1.82) is 0 Å². The van der Waals surface area contributed by atoms with Crippen LogP contribution in [-0.4, -0.2) is 50.3 Å². The number of rotatable bonds is 7. The molecule has 0 aliphatic heterocycles. The Morgan fingerprint density at radius 3 is 2.36 bits per heavy atom. The number of carbonyl (C=O) groups is 2. The van der Waals surface area contributed by atoms with E-state index in [0.717, 1.165) is 28.0 Å². The van der Waals surface area contributed by atoms with Gasteiger partial charge in [-0.3, -0.25) is 0 Å². The minimum absolute atomic E-state index is 0.247. The number of fused-ring (bicyclic) bond motifs is 1. The molecule has 0 saturated carbocycles. The fourth-order valence-corrected chi connectivity index (χ4v) is 3.81. The van der Waals surface area contributed by atoms with Gasteiger partial charge in [-0.1, -0.05) is 54.6 Å². The van der Waals surface area contributed by atoms with E-state index >= 15 is 0 Å². The summed E-state index contributed by atoms with van der Waals surface area (Å²) in [5.41, 5.74) is 4.36. The number of ether oxygens (including phenoxy) is 2. The maximum atomic E-state index is 12.3. The predicted molar refractivity (Wildman–Crippen MR) is 135 cm³/mol. The highest BCUT2D eigenvalue weighted by atomic mass is 16.6. The van der Waals surface area contributed by atoms with Crippen molar-refractivity contribution >= 4 is 23.2 Å². The van der Waals surface area contributed by atoms with Crippen LogP contribution in [0, 0.1) is 0 Å². The third-order valence-corrected chi connectivity index (χ3v) is 5.44. The summed E-state index contributed by atoms with van der Waals surface area (Å²) in [6, 6.07) is 16.8. The van der Waals surface area contributed by atoms with Gasteiger partial charge >= 0.3 is 12.1 Å². The minimum atomic E-state index is -0.879. The fraction of sp³-hybridized carbons (Fsp3) is 0.296. The van der Waals surface area contributed by atoms with Crippen LogP contribution in [0.25, 0.3) is 22.4 Å². The highest BCUT2D eigenvalue weighted by molar-refractivity contribution is 5.87. The number of aromatic nitrogens is 4. The fourth-order valence-electron chi connectivity index (χ4n) is 3.81. The molecule has 1 amide bonds. The number of hydrogen-bond acceptors (Lipinski definition) is 7. The van der Waals surface area contributed by atoms with Crippen molar-refractivity contribution in [3.63, 3.8) is 0 Å². The van der Waals surface area contributed by atoms with Gasteiger partial charge in [0, 0.05) is 12.0 Å². The molecule has 0 unspecified atom stereocenters. The lowest BCUT2D eigenvalue weighted by atomic mass is 10.0. The molecule has 4 rings (SSSR count). The number of imidazole rings is 1. The Morgan fingerprint density at radius 2 is 1.69 bits per heavy atom. The van der Waals surface area contributed by atoms with E-state index in [0.29, 0.717) is 12.1 Å². The summed E-state index contributed by atoms with van der Waals surface area (Å²) in [4.78, 5) is 38.0. The van der Waals surface area contributed by atoms with Crippen LogP contribution in [-0.2, 0) is 27.2 Å². The zero-order chi connectivity index (χ0) is 25.7. The van der Waals surface area contributed by atoms with Gasteiger partial charge in [-0.25, -0.2) is 24.5 Å². The number of benzene rings is 2. The summed E-state index contributed by atoms with van der Waals surface area (Å²) >= 11 is 0. The van der Waals surface area contributed by atoms with Gasteiger partial charge in [-0.15, -0.1) is 0 Å². The lowest BCUT2D eigenvalue weighted by molar-refractivity contribution is -0.143. The first-order valence-electron chi connectivity index (χ1n) is 11.6. The first kappa shape index (κ1) is 24.8. The Balaban J connectivity index is 1.52. The summed E-state index contributed by atoms with van der Waals surface area (Å²) < 4.78 is 12.1. The summed E-state index contributed by atoms with van der Waals surface area (Å²) in [6.45, 7) is 5.93. The van der Waals surface area contributed by atoms with E-state index in [4.69, 9.17) is 9.47 Å². The van der Waals surface area contributed by atoms with Crippen LogP contribution >= 0.6 is 0 Å². The number of hydrogen-bond donors (Lipinski definition) is 1. The second-order valence-corrected chi connectivity index (χ2v) is 9.38. The molecule has 9 heteroatoms. The van der Waals surface area contributed by atoms with Crippen LogP contribution in [0.5, 0.6) is 0 Å². The van der Waals surface area contributed by atoms with Crippen LogP contribution in [0.2, 0.25) is 0 Å². The molecule has 0 aliphatic carbocycles. The van der Waals surface area contributed by atoms with Gasteiger partial charge in [0.05, 0.1) is 20.0 Å². The van der Waals surface area contributed by atoms with E-state index in [9.17, 15) is 9.59 Å². The van der Waals surface area contributed by atoms with Crippen molar-refractivity contribution in [3.05, 3.63) is 78.4 Å². The van der Waals surface area contributed by atoms with Crippen molar-refractivity contribution < 1.29 is 19.1 Å². The van der Waals surface area contributed by atoms with E-state index in [1.165, 1.54) is 13.4 Å². The molecule has 2 aromatic heterocycles. The topological polar surface area (TPSA) is 108 Å². The highest BCUT2D eigenvalue weighted by Gasteiger charge is 2.25. The molecule has 186 valence electrons. The van der Waals surface area contributed by atoms with E-state index in [1.807, 2.05) is 47.0 Å². The highest BCUT2D eigenvalue weighted by Crippen LogP contribution is 2.25. The van der Waals surface area contributed by atoms with Crippen molar-refractivity contribution in [3.8, 4) is 11.3 Å². The second-order valence-electron chi connectivity index (χ2n) is 9.38. The molecule has 0 saturated heterocycles. The lowest BCUT2D eigenvalue weighted by Gasteiger charge is -2.22. The van der Waals surface area contributed by atoms with Crippen molar-refractivity contribution in [2.45, 2.75) is 45.4 Å². The average Bonchev–Trinajstić information content (AvgIpc) is 3.26. The Hall–Kier alpha value is -4.27. The normalized spacial score (nSPS) is 12.2. The molecule has 4 aromatic rings. The van der Waals surface area contributed by atoms with E-state index < -0.39 is 23.7 Å². The lowest BCUT2D eigenvalue weighted by Crippen LogP contribution is -2.45. The Morgan fingerprint density at radius 1 is 0.972 bits per heavy atom. The number of carbonyl (C=O) groups excluding carboxylic acids is 2. The third-order valence-electron chi connectivity index (χ3n) is 5.44. The van der Waals surface area contributed by atoms with Crippen molar-refractivity contribution in [2.75, 3.05) is 7.11 Å². The maximum Gasteiger partial charge on any atom is 0.408 e. The molecule has 0 bridgehead atoms. The molecule has 1 atom stereocenters. The van der Waals surface area contributed by atoms with Gasteiger partial charge in [0.2, 0.25) is 0 Å². The zero-order valence-electron chi connectivity index (χ0n) is 20.8. The monoisotopic (exact) mass is 487 g/mol. The molecule has 1 N–H and O–H groups in total. The summed E-state index contributed by atoms with van der Waals surface area (Å²) in [5.74, 6) is -0.550. The molecule has 0 spiro atoms. The SMILES string of the molecule is COC(=O)[C@@H](Cc1ccc(-c2ncnc3c2ncn3Cc2ccccc2)cc1)NC(=O)OC(C)(C)C. The number of nitrogens with one attached hydrogen (secondary N) is 1. The van der Waals surface area contributed by atoms with E-state index in [2.05, 4.69) is 32.4 Å². The molecule has 9 nitrogen and oxygen atoms in total. The van der Waals surface area contributed by atoms with Gasteiger partial charge in [0.1, 0.15) is 29.2 Å². The number of methoxy groups -OCH3 is 1. The first-order valence-corrected chi connectivity index (χ1v) is 11.6. The average molecular weight is 488 g/mol. The van der Waals surface area contributed by atoms with Crippen molar-refractivity contribution in [2.24, 2.45) is 0 Å². The van der Waals surface area contributed by atoms with Gasteiger partial charge in [0.25, 0.3) is 0 Å². The van der Waals surface area contributed by atoms with Crippen LogP contribution in [0.15, 0.2) is 67.3 Å². The molecule has 0 fully saturated rings. The minimum Gasteiger partial charge on any atom is -0.467 e. The molecule has 36 heavy (non-hydrogen) atoms. The summed E-state index contributed by atoms with van der Waals surface area (Å²) in [7, 11) is 1.28. The molecular weight excluding hydrogens is 458 g/mol. The summed E-state index contributed by atoms with van der Waals surface area (Å²) in [6.07, 6.45) is 2.88. The standard InChI is InChI=1S/C27H29N5O4/c1-27(2,3)36-26(34)31-21(25(33)35-4)14-18-10-12-20(13-11-18)22-23-24(29-16-28-22)32(17-30-23)15-19-8-6-5-7-9-19/h5-13,16-17,21H,14-15H2,1-4H3,(H,31,34)/t21-/m1/s1. The number of esters is 1. The van der Waals surface area contributed by atoms with Gasteiger partial charge in [-0.2, -0.15) is 0 Å².